The lowest BCUT2D eigenvalue weighted by Crippen LogP contribution is -2.49. The van der Waals surface area contributed by atoms with Crippen LogP contribution in [0, 0.1) is 0 Å². The molecule has 1 aliphatic heterocycles. The van der Waals surface area contributed by atoms with Gasteiger partial charge >= 0.3 is 0 Å². The number of aliphatic hydroxyl groups excluding tert-OH is 1. The molecule has 1 aliphatic rings. The fourth-order valence-electron chi connectivity index (χ4n) is 1.94. The number of thiazole rings is 1. The fraction of sp³-hybridized carbons (Fsp3) is 0.308. The first-order chi connectivity index (χ1) is 8.73. The first-order valence-corrected chi connectivity index (χ1v) is 7.31. The van der Waals surface area contributed by atoms with E-state index >= 15 is 0 Å². The number of aromatic nitrogens is 1. The minimum absolute atomic E-state index is 0.0919. The van der Waals surface area contributed by atoms with Crippen LogP contribution < -0.4 is 0 Å². The summed E-state index contributed by atoms with van der Waals surface area (Å²) in [5.74, 6) is 0. The molecule has 1 aromatic carbocycles. The number of aliphatic hydroxyl groups is 1. The van der Waals surface area contributed by atoms with E-state index in [-0.39, 0.29) is 12.0 Å². The molecule has 0 aliphatic carbocycles. The number of ether oxygens (including phenoxy) is 1. The first kappa shape index (κ1) is 12.3. The molecule has 18 heavy (non-hydrogen) atoms. The van der Waals surface area contributed by atoms with Crippen molar-refractivity contribution >= 4 is 27.3 Å². The van der Waals surface area contributed by atoms with Crippen molar-refractivity contribution in [3.63, 3.8) is 0 Å². The summed E-state index contributed by atoms with van der Waals surface area (Å²) in [5.41, 5.74) is 1.76. The average molecular weight is 326 g/mol. The molecule has 0 saturated carbocycles. The number of hydrogen-bond donors (Lipinski definition) is 1. The van der Waals surface area contributed by atoms with Gasteiger partial charge in [-0.2, -0.15) is 0 Å². The summed E-state index contributed by atoms with van der Waals surface area (Å²) in [7, 11) is 0. The van der Waals surface area contributed by atoms with Crippen molar-refractivity contribution in [2.45, 2.75) is 5.41 Å². The standard InChI is InChI=1S/C13H12BrNO2S/c14-10-3-1-2-9(4-10)12-15-11(5-18-12)13(6-16)7-17-8-13/h1-5,16H,6-8H2. The van der Waals surface area contributed by atoms with Crippen molar-refractivity contribution in [1.82, 2.24) is 4.98 Å². The molecule has 1 fully saturated rings. The van der Waals surface area contributed by atoms with Crippen LogP contribution in [0.15, 0.2) is 34.1 Å². The largest absolute Gasteiger partial charge is 0.395 e. The van der Waals surface area contributed by atoms with Gasteiger partial charge in [0.15, 0.2) is 0 Å². The van der Waals surface area contributed by atoms with Crippen LogP contribution in [0.3, 0.4) is 0 Å². The van der Waals surface area contributed by atoms with Gasteiger partial charge in [-0.25, -0.2) is 4.98 Å². The molecule has 1 saturated heterocycles. The van der Waals surface area contributed by atoms with E-state index in [0.29, 0.717) is 13.2 Å². The molecule has 0 spiro atoms. The summed E-state index contributed by atoms with van der Waals surface area (Å²) in [5, 5.41) is 12.5. The van der Waals surface area contributed by atoms with E-state index in [2.05, 4.69) is 20.9 Å². The van der Waals surface area contributed by atoms with Crippen LogP contribution in [0.4, 0.5) is 0 Å². The van der Waals surface area contributed by atoms with Crippen molar-refractivity contribution in [3.05, 3.63) is 39.8 Å². The monoisotopic (exact) mass is 325 g/mol. The molecule has 0 atom stereocenters. The van der Waals surface area contributed by atoms with E-state index in [1.807, 2.05) is 29.6 Å². The van der Waals surface area contributed by atoms with Crippen molar-refractivity contribution in [2.75, 3.05) is 19.8 Å². The Balaban J connectivity index is 1.94. The Morgan fingerprint density at radius 3 is 2.89 bits per heavy atom. The highest BCUT2D eigenvalue weighted by molar-refractivity contribution is 9.10. The Hall–Kier alpha value is -0.750. The quantitative estimate of drug-likeness (QED) is 0.943. The summed E-state index contributed by atoms with van der Waals surface area (Å²) in [6.45, 7) is 1.21. The van der Waals surface area contributed by atoms with E-state index < -0.39 is 0 Å². The third-order valence-electron chi connectivity index (χ3n) is 3.18. The minimum atomic E-state index is -0.277. The molecule has 0 bridgehead atoms. The molecule has 2 aromatic rings. The summed E-state index contributed by atoms with van der Waals surface area (Å²) < 4.78 is 6.26. The molecule has 0 radical (unpaired) electrons. The molecule has 0 amide bonds. The molecule has 0 unspecified atom stereocenters. The molecule has 3 nitrogen and oxygen atoms in total. The maximum absolute atomic E-state index is 9.49. The Bertz CT molecular complexity index is 560. The first-order valence-electron chi connectivity index (χ1n) is 5.64. The predicted molar refractivity (Wildman–Crippen MR) is 74.8 cm³/mol. The maximum atomic E-state index is 9.49. The van der Waals surface area contributed by atoms with Crippen LogP contribution in [0.2, 0.25) is 0 Å². The zero-order chi connectivity index (χ0) is 12.6. The van der Waals surface area contributed by atoms with Gasteiger partial charge in [-0.3, -0.25) is 0 Å². The zero-order valence-corrected chi connectivity index (χ0v) is 12.0. The van der Waals surface area contributed by atoms with Crippen LogP contribution in [0.1, 0.15) is 5.69 Å². The van der Waals surface area contributed by atoms with Gasteiger partial charge in [0.1, 0.15) is 5.01 Å². The number of halogens is 1. The van der Waals surface area contributed by atoms with Crippen molar-refractivity contribution < 1.29 is 9.84 Å². The van der Waals surface area contributed by atoms with Gasteiger partial charge in [0, 0.05) is 15.4 Å². The number of nitrogens with zero attached hydrogens (tertiary/aromatic N) is 1. The third kappa shape index (κ3) is 2.01. The van der Waals surface area contributed by atoms with Gasteiger partial charge in [0.25, 0.3) is 0 Å². The second kappa shape index (κ2) is 4.74. The summed E-state index contributed by atoms with van der Waals surface area (Å²) >= 11 is 5.07. The van der Waals surface area contributed by atoms with Gasteiger partial charge in [-0.05, 0) is 12.1 Å². The van der Waals surface area contributed by atoms with Gasteiger partial charge in [-0.1, -0.05) is 28.1 Å². The second-order valence-electron chi connectivity index (χ2n) is 4.48. The topological polar surface area (TPSA) is 42.4 Å². The molecule has 1 aromatic heterocycles. The number of benzene rings is 1. The minimum Gasteiger partial charge on any atom is -0.395 e. The van der Waals surface area contributed by atoms with E-state index in [9.17, 15) is 5.11 Å². The maximum Gasteiger partial charge on any atom is 0.123 e. The Morgan fingerprint density at radius 2 is 2.28 bits per heavy atom. The predicted octanol–water partition coefficient (Wildman–Crippen LogP) is 2.83. The molecular formula is C13H12BrNO2S. The van der Waals surface area contributed by atoms with Crippen LogP contribution in [-0.2, 0) is 10.2 Å². The lowest BCUT2D eigenvalue weighted by Gasteiger charge is -2.38. The molecule has 5 heteroatoms. The smallest absolute Gasteiger partial charge is 0.123 e. The number of hydrogen-bond acceptors (Lipinski definition) is 4. The molecular weight excluding hydrogens is 314 g/mol. The van der Waals surface area contributed by atoms with Gasteiger partial charge in [-0.15, -0.1) is 11.3 Å². The highest BCUT2D eigenvalue weighted by Crippen LogP contribution is 2.35. The van der Waals surface area contributed by atoms with Crippen LogP contribution in [0.25, 0.3) is 10.6 Å². The summed E-state index contributed by atoms with van der Waals surface area (Å²) in [6, 6.07) is 8.07. The molecule has 2 heterocycles. The zero-order valence-electron chi connectivity index (χ0n) is 9.60. The Kier molecular flexibility index (Phi) is 3.23. The van der Waals surface area contributed by atoms with E-state index in [1.165, 1.54) is 0 Å². The van der Waals surface area contributed by atoms with Crippen LogP contribution in [0.5, 0.6) is 0 Å². The van der Waals surface area contributed by atoms with Crippen molar-refractivity contribution in [2.24, 2.45) is 0 Å². The molecule has 94 valence electrons. The van der Waals surface area contributed by atoms with Crippen molar-refractivity contribution in [3.8, 4) is 10.6 Å². The lowest BCUT2D eigenvalue weighted by molar-refractivity contribution is -0.0859. The highest BCUT2D eigenvalue weighted by atomic mass is 79.9. The summed E-state index contributed by atoms with van der Waals surface area (Å²) in [4.78, 5) is 4.64. The van der Waals surface area contributed by atoms with E-state index in [0.717, 1.165) is 20.7 Å². The highest BCUT2D eigenvalue weighted by Gasteiger charge is 2.42. The van der Waals surface area contributed by atoms with Crippen LogP contribution in [-0.4, -0.2) is 29.9 Å². The number of rotatable bonds is 3. The van der Waals surface area contributed by atoms with E-state index in [4.69, 9.17) is 4.74 Å². The van der Waals surface area contributed by atoms with Gasteiger partial charge < -0.3 is 9.84 Å². The SMILES string of the molecule is OCC1(c2csc(-c3cccc(Br)c3)n2)COC1. The van der Waals surface area contributed by atoms with Crippen LogP contribution >= 0.6 is 27.3 Å². The van der Waals surface area contributed by atoms with E-state index in [1.54, 1.807) is 11.3 Å². The fourth-order valence-corrected chi connectivity index (χ4v) is 3.28. The second-order valence-corrected chi connectivity index (χ2v) is 6.25. The van der Waals surface area contributed by atoms with Gasteiger partial charge in [0.05, 0.1) is 30.9 Å². The lowest BCUT2D eigenvalue weighted by atomic mass is 9.84. The van der Waals surface area contributed by atoms with Gasteiger partial charge in [0.2, 0.25) is 0 Å². The molecule has 1 N–H and O–H groups in total. The normalized spacial score (nSPS) is 17.4. The Labute approximate surface area is 118 Å². The Morgan fingerprint density at radius 1 is 1.44 bits per heavy atom. The molecule has 3 rings (SSSR count). The van der Waals surface area contributed by atoms with Crippen molar-refractivity contribution in [1.29, 1.82) is 0 Å². The third-order valence-corrected chi connectivity index (χ3v) is 4.56. The average Bonchev–Trinajstić information content (AvgIpc) is 2.78. The summed E-state index contributed by atoms with van der Waals surface area (Å²) in [6.07, 6.45) is 0.